The first-order valence-electron chi connectivity index (χ1n) is 9.73. The van der Waals surface area contributed by atoms with E-state index in [2.05, 4.69) is 46.6 Å². The van der Waals surface area contributed by atoms with Crippen LogP contribution in [0.2, 0.25) is 0 Å². The molecule has 0 aromatic carbocycles. The van der Waals surface area contributed by atoms with Gasteiger partial charge < -0.3 is 20.3 Å². The molecule has 26 heavy (non-hydrogen) atoms. The van der Waals surface area contributed by atoms with Crippen molar-refractivity contribution in [3.05, 3.63) is 11.6 Å². The highest BCUT2D eigenvalue weighted by molar-refractivity contribution is 5.80. The van der Waals surface area contributed by atoms with Crippen LogP contribution < -0.4 is 10.6 Å². The third kappa shape index (κ3) is 4.35. The van der Waals surface area contributed by atoms with Crippen molar-refractivity contribution in [2.24, 2.45) is 4.99 Å². The Morgan fingerprint density at radius 2 is 2.15 bits per heavy atom. The Morgan fingerprint density at radius 3 is 2.85 bits per heavy atom. The average molecular weight is 364 g/mol. The molecule has 2 N–H and O–H groups in total. The second-order valence-corrected chi connectivity index (χ2v) is 7.56. The Hall–Kier alpha value is -1.67. The monoisotopic (exact) mass is 363 g/mol. The Labute approximate surface area is 156 Å². The molecule has 146 valence electrons. The number of guanidine groups is 1. The van der Waals surface area contributed by atoms with Crippen molar-refractivity contribution >= 4 is 5.96 Å². The molecule has 1 saturated heterocycles. The van der Waals surface area contributed by atoms with Crippen LogP contribution in [0.1, 0.15) is 37.8 Å². The third-order valence-electron chi connectivity index (χ3n) is 5.55. The first kappa shape index (κ1) is 19.1. The zero-order valence-electron chi connectivity index (χ0n) is 16.6. The minimum Gasteiger partial charge on any atom is -0.381 e. The number of ether oxygens (including phenoxy) is 1. The van der Waals surface area contributed by atoms with E-state index in [9.17, 15) is 0 Å². The molecular formula is C18H33N7O. The lowest BCUT2D eigenvalue weighted by Crippen LogP contribution is -2.52. The van der Waals surface area contributed by atoms with Crippen LogP contribution in [0.15, 0.2) is 4.99 Å². The Balaban J connectivity index is 1.65. The van der Waals surface area contributed by atoms with Crippen molar-refractivity contribution in [1.29, 1.82) is 0 Å². The van der Waals surface area contributed by atoms with Crippen LogP contribution in [0, 0.1) is 6.92 Å². The molecular weight excluding hydrogens is 330 g/mol. The summed E-state index contributed by atoms with van der Waals surface area (Å²) in [4.78, 5) is 11.7. The SMILES string of the molecule is CCNC(=NCC1(N(C)C)CCOCC1)NC1CCc2nc(C)nn2C1. The van der Waals surface area contributed by atoms with Gasteiger partial charge in [0.25, 0.3) is 0 Å². The van der Waals surface area contributed by atoms with E-state index in [1.54, 1.807) is 0 Å². The summed E-state index contributed by atoms with van der Waals surface area (Å²) in [5.74, 6) is 2.84. The summed E-state index contributed by atoms with van der Waals surface area (Å²) in [5.41, 5.74) is 0.0867. The van der Waals surface area contributed by atoms with Gasteiger partial charge in [-0.05, 0) is 47.2 Å². The molecule has 2 aliphatic rings. The number of aliphatic imine (C=N–C) groups is 1. The maximum Gasteiger partial charge on any atom is 0.191 e. The van der Waals surface area contributed by atoms with E-state index in [1.807, 2.05) is 11.6 Å². The van der Waals surface area contributed by atoms with E-state index in [0.29, 0.717) is 6.04 Å². The molecule has 1 aromatic rings. The number of nitrogens with zero attached hydrogens (tertiary/aromatic N) is 5. The van der Waals surface area contributed by atoms with Gasteiger partial charge in [0.05, 0.1) is 13.1 Å². The van der Waals surface area contributed by atoms with Gasteiger partial charge in [0.2, 0.25) is 0 Å². The summed E-state index contributed by atoms with van der Waals surface area (Å²) in [6, 6.07) is 0.325. The molecule has 3 heterocycles. The fraction of sp³-hybridized carbons (Fsp3) is 0.833. The molecule has 0 radical (unpaired) electrons. The van der Waals surface area contributed by atoms with Crippen molar-refractivity contribution in [1.82, 2.24) is 30.3 Å². The van der Waals surface area contributed by atoms with Gasteiger partial charge in [0.1, 0.15) is 11.6 Å². The number of rotatable bonds is 5. The van der Waals surface area contributed by atoms with Crippen LogP contribution in [0.4, 0.5) is 0 Å². The van der Waals surface area contributed by atoms with E-state index in [-0.39, 0.29) is 5.54 Å². The van der Waals surface area contributed by atoms with Gasteiger partial charge in [-0.15, -0.1) is 0 Å². The van der Waals surface area contributed by atoms with E-state index < -0.39 is 0 Å². The highest BCUT2D eigenvalue weighted by Gasteiger charge is 2.34. The highest BCUT2D eigenvalue weighted by atomic mass is 16.5. The van der Waals surface area contributed by atoms with E-state index in [1.165, 1.54) is 0 Å². The summed E-state index contributed by atoms with van der Waals surface area (Å²) < 4.78 is 7.59. The standard InChI is InChI=1S/C18H33N7O/c1-5-19-17(20-13-18(24(3)4)8-10-26-11-9-18)22-15-6-7-16-21-14(2)23-25(16)12-15/h15H,5-13H2,1-4H3,(H2,19,20,22). The molecule has 8 nitrogen and oxygen atoms in total. The highest BCUT2D eigenvalue weighted by Crippen LogP contribution is 2.26. The van der Waals surface area contributed by atoms with Gasteiger partial charge in [-0.2, -0.15) is 5.10 Å². The number of nitrogens with one attached hydrogen (secondary N) is 2. The lowest BCUT2D eigenvalue weighted by Gasteiger charge is -2.41. The second-order valence-electron chi connectivity index (χ2n) is 7.56. The van der Waals surface area contributed by atoms with Gasteiger partial charge in [0.15, 0.2) is 5.96 Å². The van der Waals surface area contributed by atoms with Crippen molar-refractivity contribution in [2.45, 2.75) is 57.7 Å². The first-order valence-corrected chi connectivity index (χ1v) is 9.73. The summed E-state index contributed by atoms with van der Waals surface area (Å²) in [6.07, 6.45) is 4.05. The summed E-state index contributed by atoms with van der Waals surface area (Å²) >= 11 is 0. The molecule has 0 saturated carbocycles. The average Bonchev–Trinajstić information content (AvgIpc) is 3.00. The molecule has 0 aliphatic carbocycles. The molecule has 3 rings (SSSR count). The van der Waals surface area contributed by atoms with E-state index >= 15 is 0 Å². The predicted octanol–water partition coefficient (Wildman–Crippen LogP) is 0.567. The van der Waals surface area contributed by atoms with Crippen LogP contribution in [0.3, 0.4) is 0 Å². The third-order valence-corrected chi connectivity index (χ3v) is 5.55. The van der Waals surface area contributed by atoms with E-state index in [0.717, 1.165) is 76.1 Å². The normalized spacial score (nSPS) is 23.0. The number of aryl methyl sites for hydroxylation is 2. The summed E-state index contributed by atoms with van der Waals surface area (Å²) in [5, 5.41) is 11.5. The molecule has 1 unspecified atom stereocenters. The zero-order valence-corrected chi connectivity index (χ0v) is 16.6. The van der Waals surface area contributed by atoms with Gasteiger partial charge in [-0.25, -0.2) is 9.67 Å². The van der Waals surface area contributed by atoms with Crippen molar-refractivity contribution in [2.75, 3.05) is 40.4 Å². The van der Waals surface area contributed by atoms with Crippen LogP contribution in [-0.2, 0) is 17.7 Å². The fourth-order valence-corrected chi connectivity index (χ4v) is 3.79. The number of hydrogen-bond donors (Lipinski definition) is 2. The Kier molecular flexibility index (Phi) is 6.13. The minimum atomic E-state index is 0.0867. The lowest BCUT2D eigenvalue weighted by atomic mass is 9.89. The summed E-state index contributed by atoms with van der Waals surface area (Å²) in [7, 11) is 4.30. The molecule has 1 atom stereocenters. The zero-order chi connectivity index (χ0) is 18.6. The molecule has 1 fully saturated rings. The Morgan fingerprint density at radius 1 is 1.38 bits per heavy atom. The Bertz CT molecular complexity index is 619. The van der Waals surface area contributed by atoms with Crippen molar-refractivity contribution in [3.63, 3.8) is 0 Å². The quantitative estimate of drug-likeness (QED) is 0.588. The molecule has 1 aromatic heterocycles. The number of aromatic nitrogens is 3. The largest absolute Gasteiger partial charge is 0.381 e. The minimum absolute atomic E-state index is 0.0867. The maximum atomic E-state index is 5.56. The summed E-state index contributed by atoms with van der Waals surface area (Å²) in [6.45, 7) is 8.15. The topological polar surface area (TPSA) is 79.6 Å². The number of hydrogen-bond acceptors (Lipinski definition) is 5. The van der Waals surface area contributed by atoms with E-state index in [4.69, 9.17) is 9.73 Å². The smallest absolute Gasteiger partial charge is 0.191 e. The van der Waals surface area contributed by atoms with Crippen molar-refractivity contribution < 1.29 is 4.74 Å². The maximum absolute atomic E-state index is 5.56. The molecule has 0 bridgehead atoms. The van der Waals surface area contributed by atoms with Gasteiger partial charge in [-0.3, -0.25) is 4.99 Å². The van der Waals surface area contributed by atoms with Crippen LogP contribution in [0.5, 0.6) is 0 Å². The molecule has 0 spiro atoms. The van der Waals surface area contributed by atoms with Crippen LogP contribution >= 0.6 is 0 Å². The first-order chi connectivity index (χ1) is 12.5. The lowest BCUT2D eigenvalue weighted by molar-refractivity contribution is -0.00255. The number of fused-ring (bicyclic) bond motifs is 1. The van der Waals surface area contributed by atoms with Gasteiger partial charge in [0, 0.05) is 37.8 Å². The molecule has 2 aliphatic heterocycles. The van der Waals surface area contributed by atoms with Gasteiger partial charge in [-0.1, -0.05) is 0 Å². The van der Waals surface area contributed by atoms with Crippen LogP contribution in [-0.4, -0.2) is 77.6 Å². The second kappa shape index (κ2) is 8.35. The van der Waals surface area contributed by atoms with Crippen LogP contribution in [0.25, 0.3) is 0 Å². The predicted molar refractivity (Wildman–Crippen MR) is 102 cm³/mol. The van der Waals surface area contributed by atoms with Crippen molar-refractivity contribution in [3.8, 4) is 0 Å². The van der Waals surface area contributed by atoms with Gasteiger partial charge >= 0.3 is 0 Å². The molecule has 0 amide bonds. The molecule has 8 heteroatoms. The fourth-order valence-electron chi connectivity index (χ4n) is 3.79. The number of likely N-dealkylation sites (N-methyl/N-ethyl adjacent to an activating group) is 1.